The van der Waals surface area contributed by atoms with Gasteiger partial charge in [0.2, 0.25) is 0 Å². The number of aliphatic hydroxyl groups excluding tert-OH is 1. The predicted molar refractivity (Wildman–Crippen MR) is 390 cm³/mol. The molecule has 19 heteroatoms. The highest BCUT2D eigenvalue weighted by Crippen LogP contribution is 2.45. The van der Waals surface area contributed by atoms with Crippen LogP contribution in [0.25, 0.3) is 0 Å². The van der Waals surface area contributed by atoms with Crippen LogP contribution in [0.3, 0.4) is 0 Å². The lowest BCUT2D eigenvalue weighted by Gasteiger charge is -2.21. The summed E-state index contributed by atoms with van der Waals surface area (Å²) in [4.78, 5) is 72.8. The highest BCUT2D eigenvalue weighted by molar-refractivity contribution is 7.47. The van der Waals surface area contributed by atoms with Crippen LogP contribution in [0.4, 0.5) is 0 Å². The molecule has 0 aliphatic carbocycles. The van der Waals surface area contributed by atoms with Gasteiger partial charge in [-0.25, -0.2) is 9.13 Å². The fraction of sp³-hybridized carbons (Fsp3) is 0.844. The predicted octanol–water partition coefficient (Wildman–Crippen LogP) is 22.1. The van der Waals surface area contributed by atoms with Crippen LogP contribution in [0, 0.1) is 0 Å². The topological polar surface area (TPSA) is 237 Å². The maximum absolute atomic E-state index is 13.1. The first-order valence-electron chi connectivity index (χ1n) is 38.9. The molecule has 5 atom stereocenters. The van der Waals surface area contributed by atoms with Crippen molar-refractivity contribution in [3.8, 4) is 0 Å². The average molecular weight is 1400 g/mol. The fourth-order valence-electron chi connectivity index (χ4n) is 10.8. The largest absolute Gasteiger partial charge is 0.472 e. The van der Waals surface area contributed by atoms with Crippen LogP contribution >= 0.6 is 15.6 Å². The first kappa shape index (κ1) is 93.0. The van der Waals surface area contributed by atoms with Gasteiger partial charge < -0.3 is 33.8 Å². The number of ether oxygens (including phenoxy) is 4. The number of hydrogen-bond acceptors (Lipinski definition) is 15. The highest BCUT2D eigenvalue weighted by Gasteiger charge is 2.30. The molecule has 0 bridgehead atoms. The molecule has 562 valence electrons. The molecule has 0 aromatic heterocycles. The van der Waals surface area contributed by atoms with Gasteiger partial charge >= 0.3 is 39.5 Å². The maximum atomic E-state index is 13.1. The van der Waals surface area contributed by atoms with Gasteiger partial charge in [0, 0.05) is 25.7 Å². The zero-order chi connectivity index (χ0) is 70.4. The van der Waals surface area contributed by atoms with E-state index in [2.05, 4.69) is 76.3 Å². The summed E-state index contributed by atoms with van der Waals surface area (Å²) in [6.07, 6.45) is 66.6. The minimum Gasteiger partial charge on any atom is -0.462 e. The van der Waals surface area contributed by atoms with Gasteiger partial charge in [-0.15, -0.1) is 0 Å². The van der Waals surface area contributed by atoms with Gasteiger partial charge in [0.05, 0.1) is 26.4 Å². The molecule has 0 rings (SSSR count). The van der Waals surface area contributed by atoms with E-state index in [9.17, 15) is 43.2 Å². The van der Waals surface area contributed by atoms with Crippen molar-refractivity contribution in [2.45, 2.75) is 380 Å². The van der Waals surface area contributed by atoms with Crippen LogP contribution in [0.2, 0.25) is 0 Å². The van der Waals surface area contributed by atoms with Crippen molar-refractivity contribution in [3.05, 3.63) is 48.6 Å². The summed E-state index contributed by atoms with van der Waals surface area (Å²) in [7, 11) is -9.94. The number of hydrogen-bond donors (Lipinski definition) is 3. The second-order valence-corrected chi connectivity index (χ2v) is 29.2. The van der Waals surface area contributed by atoms with Crippen LogP contribution in [0.15, 0.2) is 48.6 Å². The third-order valence-corrected chi connectivity index (χ3v) is 18.7. The molecule has 0 heterocycles. The molecule has 0 fully saturated rings. The van der Waals surface area contributed by atoms with Crippen molar-refractivity contribution < 1.29 is 80.2 Å². The van der Waals surface area contributed by atoms with Crippen LogP contribution in [-0.2, 0) is 65.4 Å². The standard InChI is InChI=1S/C77H142O17P2/c1-5-9-13-17-21-25-29-33-35-39-42-46-50-54-58-62-75(80)88-68-73(94-77(82)64-60-56-52-48-44-40-36-34-30-26-22-18-14-10-6-2)70-92-96(85,86)90-66-71(78)65-89-95(83,84)91-69-72(93-76(81)63-59-55-51-47-43-38-32-28-24-20-16-12-8-4)67-87-74(79)61-57-53-49-45-41-37-31-27-23-19-15-11-7-3/h21,25,27,31,33-36,71-73,78H,5-20,22-24,26,28-30,32,37-70H2,1-4H3,(H,83,84)(H,85,86)/b25-21-,31-27-,35-33-,36-34-. The number of phosphoric ester groups is 2. The number of carbonyl (C=O) groups excluding carboxylic acids is 4. The number of esters is 4. The third kappa shape index (κ3) is 69.5. The molecule has 96 heavy (non-hydrogen) atoms. The molecule has 0 amide bonds. The quantitative estimate of drug-likeness (QED) is 0.0169. The summed E-state index contributed by atoms with van der Waals surface area (Å²) in [5.41, 5.74) is 0. The Hall–Kier alpha value is -2.98. The van der Waals surface area contributed by atoms with Crippen molar-refractivity contribution in [1.29, 1.82) is 0 Å². The number of phosphoric acid groups is 2. The Morgan fingerprint density at radius 1 is 0.292 bits per heavy atom. The lowest BCUT2D eigenvalue weighted by Crippen LogP contribution is -2.30. The SMILES string of the molecule is CCCCC/C=C\C/C=C\CCCCCCCC(=O)OCC(COP(=O)(O)OCC(O)COP(=O)(O)OCC(COC(=O)CCCCCCC/C=C\CCCCCC)OC(=O)CCCCCCCCCCCCCCC)OC(=O)CCCCCCC/C=C\CCCCCCCC. The summed E-state index contributed by atoms with van der Waals surface area (Å²) >= 11 is 0. The van der Waals surface area contributed by atoms with Crippen molar-refractivity contribution in [1.82, 2.24) is 0 Å². The molecule has 0 aliphatic heterocycles. The molecular formula is C77H142O17P2. The molecule has 17 nitrogen and oxygen atoms in total. The summed E-state index contributed by atoms with van der Waals surface area (Å²) < 4.78 is 68.5. The van der Waals surface area contributed by atoms with Crippen molar-refractivity contribution in [3.63, 3.8) is 0 Å². The molecule has 5 unspecified atom stereocenters. The van der Waals surface area contributed by atoms with Crippen LogP contribution in [-0.4, -0.2) is 96.7 Å². The number of carbonyl (C=O) groups is 4. The third-order valence-electron chi connectivity index (χ3n) is 16.8. The summed E-state index contributed by atoms with van der Waals surface area (Å²) in [5.74, 6) is -2.17. The smallest absolute Gasteiger partial charge is 0.462 e. The molecule has 3 N–H and O–H groups in total. The lowest BCUT2D eigenvalue weighted by atomic mass is 10.0. The van der Waals surface area contributed by atoms with E-state index in [4.69, 9.17) is 37.0 Å². The lowest BCUT2D eigenvalue weighted by molar-refractivity contribution is -0.161. The van der Waals surface area contributed by atoms with Gasteiger partial charge in [0.25, 0.3) is 0 Å². The van der Waals surface area contributed by atoms with Crippen molar-refractivity contribution in [2.75, 3.05) is 39.6 Å². The number of unbranched alkanes of at least 4 members (excludes halogenated alkanes) is 40. The molecule has 0 spiro atoms. The minimum atomic E-state index is -4.97. The van der Waals surface area contributed by atoms with E-state index in [1.807, 2.05) is 0 Å². The monoisotopic (exact) mass is 1400 g/mol. The van der Waals surface area contributed by atoms with Gasteiger partial charge in [-0.1, -0.05) is 275 Å². The average Bonchev–Trinajstić information content (AvgIpc) is 1.36. The van der Waals surface area contributed by atoms with E-state index in [1.165, 1.54) is 135 Å². The normalized spacial score (nSPS) is 14.2. The second-order valence-electron chi connectivity index (χ2n) is 26.3. The van der Waals surface area contributed by atoms with E-state index < -0.39 is 97.5 Å². The number of aliphatic hydroxyl groups is 1. The van der Waals surface area contributed by atoms with Gasteiger partial charge in [0.15, 0.2) is 12.2 Å². The van der Waals surface area contributed by atoms with Gasteiger partial charge in [-0.2, -0.15) is 0 Å². The zero-order valence-corrected chi connectivity index (χ0v) is 63.1. The van der Waals surface area contributed by atoms with E-state index in [0.29, 0.717) is 25.7 Å². The minimum absolute atomic E-state index is 0.0868. The Balaban J connectivity index is 5.33. The Morgan fingerprint density at radius 3 is 0.812 bits per heavy atom. The first-order chi connectivity index (χ1) is 46.7. The van der Waals surface area contributed by atoms with Crippen molar-refractivity contribution in [2.24, 2.45) is 0 Å². The maximum Gasteiger partial charge on any atom is 0.472 e. The second kappa shape index (κ2) is 70.5. The number of rotatable bonds is 74. The molecule has 0 saturated heterocycles. The molecule has 0 saturated carbocycles. The Labute approximate surface area is 585 Å². The van der Waals surface area contributed by atoms with Crippen LogP contribution in [0.1, 0.15) is 362 Å². The highest BCUT2D eigenvalue weighted by atomic mass is 31.2. The van der Waals surface area contributed by atoms with E-state index in [-0.39, 0.29) is 25.7 Å². The fourth-order valence-corrected chi connectivity index (χ4v) is 12.3. The van der Waals surface area contributed by atoms with E-state index in [0.717, 1.165) is 148 Å². The summed E-state index contributed by atoms with van der Waals surface area (Å²) in [6, 6.07) is 0. The summed E-state index contributed by atoms with van der Waals surface area (Å²) in [6.45, 7) is 4.86. The van der Waals surface area contributed by atoms with E-state index in [1.54, 1.807) is 0 Å². The van der Waals surface area contributed by atoms with Crippen LogP contribution < -0.4 is 0 Å². The molecule has 0 aromatic carbocycles. The first-order valence-corrected chi connectivity index (χ1v) is 41.9. The van der Waals surface area contributed by atoms with Crippen LogP contribution in [0.5, 0.6) is 0 Å². The molecule has 0 radical (unpaired) electrons. The molecule has 0 aliphatic rings. The Kier molecular flexibility index (Phi) is 68.3. The van der Waals surface area contributed by atoms with Crippen molar-refractivity contribution >= 4 is 39.5 Å². The van der Waals surface area contributed by atoms with Gasteiger partial charge in [-0.05, 0) is 109 Å². The van der Waals surface area contributed by atoms with Gasteiger partial charge in [-0.3, -0.25) is 37.3 Å². The molecule has 0 aromatic rings. The molecular weight excluding hydrogens is 1260 g/mol. The Morgan fingerprint density at radius 2 is 0.510 bits per heavy atom. The Bertz CT molecular complexity index is 2010. The number of allylic oxidation sites excluding steroid dienone is 8. The zero-order valence-electron chi connectivity index (χ0n) is 61.3. The van der Waals surface area contributed by atoms with Gasteiger partial charge in [0.1, 0.15) is 19.3 Å². The van der Waals surface area contributed by atoms with E-state index >= 15 is 0 Å². The summed E-state index contributed by atoms with van der Waals surface area (Å²) in [5, 5.41) is 10.6.